The van der Waals surface area contributed by atoms with E-state index in [-0.39, 0.29) is 21.7 Å². The molecular weight excluding hydrogens is 445 g/mol. The summed E-state index contributed by atoms with van der Waals surface area (Å²) in [6.45, 7) is 27.3. The Labute approximate surface area is 202 Å². The van der Waals surface area contributed by atoms with E-state index in [2.05, 4.69) is 107 Å². The fourth-order valence-electron chi connectivity index (χ4n) is 2.87. The molecule has 0 amide bonds. The van der Waals surface area contributed by atoms with Crippen molar-refractivity contribution >= 4 is 18.6 Å². The summed E-state index contributed by atoms with van der Waals surface area (Å²) in [6.07, 6.45) is 0. The molecule has 7 heteroatoms. The van der Waals surface area contributed by atoms with E-state index in [1.165, 1.54) is 20.9 Å². The van der Waals surface area contributed by atoms with Gasteiger partial charge in [-0.05, 0) is 23.3 Å². The Morgan fingerprint density at radius 2 is 0.818 bits per heavy atom. The molecule has 33 heavy (non-hydrogen) atoms. The summed E-state index contributed by atoms with van der Waals surface area (Å²) in [5.74, 6) is 0. The van der Waals surface area contributed by atoms with E-state index in [1.54, 1.807) is 0 Å². The van der Waals surface area contributed by atoms with Crippen molar-refractivity contribution in [1.29, 1.82) is 0 Å². The summed E-state index contributed by atoms with van der Waals surface area (Å²) in [4.78, 5) is 7.91. The minimum atomic E-state index is -6.00. The second kappa shape index (κ2) is 9.63. The summed E-state index contributed by atoms with van der Waals surface area (Å²) >= 11 is 1.95. The van der Waals surface area contributed by atoms with Crippen molar-refractivity contribution in [2.75, 3.05) is 0 Å². The quantitative estimate of drug-likeness (QED) is 0.223. The second-order valence-corrected chi connectivity index (χ2v) is 13.8. The first-order chi connectivity index (χ1) is 14.4. The molecule has 2 aromatic rings. The number of aromatic nitrogens is 1. The Bertz CT molecular complexity index is 813. The Hall–Kier alpha value is -1.50. The van der Waals surface area contributed by atoms with Crippen LogP contribution in [0.1, 0.15) is 104 Å². The predicted molar refractivity (Wildman–Crippen MR) is 137 cm³/mol. The average molecular weight is 485 g/mol. The van der Waals surface area contributed by atoms with E-state index in [9.17, 15) is 17.3 Å². The van der Waals surface area contributed by atoms with E-state index in [0.717, 1.165) is 11.4 Å². The molecule has 0 spiro atoms. The smallest absolute Gasteiger partial charge is 0.418 e. The molecule has 0 radical (unpaired) electrons. The molecule has 0 aliphatic carbocycles. The molecular formula is C26H40BF4NS. The Morgan fingerprint density at radius 3 is 1.06 bits per heavy atom. The fraction of sp³-hybridized carbons (Fsp3) is 0.615. The van der Waals surface area contributed by atoms with Crippen LogP contribution in [0.3, 0.4) is 0 Å². The van der Waals surface area contributed by atoms with Crippen molar-refractivity contribution in [3.8, 4) is 11.1 Å². The highest BCUT2D eigenvalue weighted by atomic mass is 32.1. The van der Waals surface area contributed by atoms with Crippen molar-refractivity contribution in [1.82, 2.24) is 4.98 Å². The molecule has 186 valence electrons. The minimum absolute atomic E-state index is 0.0210. The molecule has 1 nitrogen and oxygen atoms in total. The normalized spacial score (nSPS) is 13.5. The first kappa shape index (κ1) is 29.5. The minimum Gasteiger partial charge on any atom is -0.418 e. The lowest BCUT2D eigenvalue weighted by molar-refractivity contribution is 0.368. The maximum Gasteiger partial charge on any atom is 0.673 e. The summed E-state index contributed by atoms with van der Waals surface area (Å²) in [5, 5.41) is 0. The molecule has 0 saturated heterocycles. The summed E-state index contributed by atoms with van der Waals surface area (Å²) in [5.41, 5.74) is 5.23. The third-order valence-corrected chi connectivity index (χ3v) is 6.87. The van der Waals surface area contributed by atoms with Crippen LogP contribution in [-0.2, 0) is 21.7 Å². The van der Waals surface area contributed by atoms with Crippen molar-refractivity contribution in [3.63, 3.8) is 0 Å². The number of hydrogen-bond acceptors (Lipinski definition) is 1. The van der Waals surface area contributed by atoms with Gasteiger partial charge in [0.05, 0.1) is 0 Å². The Kier molecular flexibility index (Phi) is 8.62. The van der Waals surface area contributed by atoms with E-state index in [0.29, 0.717) is 0 Å². The molecule has 0 saturated carbocycles. The molecule has 2 heterocycles. The number of pyridine rings is 1. The van der Waals surface area contributed by atoms with Crippen LogP contribution in [0.2, 0.25) is 0 Å². The monoisotopic (exact) mass is 485 g/mol. The molecule has 0 fully saturated rings. The van der Waals surface area contributed by atoms with Gasteiger partial charge in [-0.15, -0.1) is 0 Å². The van der Waals surface area contributed by atoms with Crippen LogP contribution in [-0.4, -0.2) is 12.2 Å². The van der Waals surface area contributed by atoms with Crippen LogP contribution < -0.4 is 0 Å². The molecule has 2 aromatic heterocycles. The number of nitrogens with zero attached hydrogens (tertiary/aromatic N) is 1. The first-order valence-corrected chi connectivity index (χ1v) is 12.1. The van der Waals surface area contributed by atoms with Gasteiger partial charge in [-0.25, -0.2) is 0 Å². The van der Waals surface area contributed by atoms with Gasteiger partial charge in [-0.2, -0.15) is 0 Å². The van der Waals surface area contributed by atoms with Gasteiger partial charge in [0.1, 0.15) is 0 Å². The SMILES string of the molecule is CC(C)(C)c1cc(-c2cc(C(C)(C)C)[s+]c(C(C)(C)C)c2)cc(C(C)(C)C)n1.F[B-](F)(F)F. The molecule has 0 aliphatic heterocycles. The van der Waals surface area contributed by atoms with Gasteiger partial charge in [0.15, 0.2) is 0 Å². The van der Waals surface area contributed by atoms with Gasteiger partial charge in [0.2, 0.25) is 21.1 Å². The predicted octanol–water partition coefficient (Wildman–Crippen LogP) is 9.58. The van der Waals surface area contributed by atoms with Gasteiger partial charge in [0, 0.05) is 45.2 Å². The molecule has 0 bridgehead atoms. The van der Waals surface area contributed by atoms with Crippen LogP contribution in [0.15, 0.2) is 24.3 Å². The average Bonchev–Trinajstić information content (AvgIpc) is 2.56. The summed E-state index contributed by atoms with van der Waals surface area (Å²) < 4.78 is 39.0. The Morgan fingerprint density at radius 1 is 0.545 bits per heavy atom. The zero-order valence-electron chi connectivity index (χ0n) is 22.3. The van der Waals surface area contributed by atoms with E-state index in [4.69, 9.17) is 4.98 Å². The van der Waals surface area contributed by atoms with Crippen molar-refractivity contribution in [3.05, 3.63) is 45.4 Å². The highest BCUT2D eigenvalue weighted by molar-refractivity contribution is 7.12. The molecule has 0 N–H and O–H groups in total. The van der Waals surface area contributed by atoms with Gasteiger partial charge in [0.25, 0.3) is 0 Å². The third kappa shape index (κ3) is 9.72. The highest BCUT2D eigenvalue weighted by Crippen LogP contribution is 2.39. The van der Waals surface area contributed by atoms with Crippen molar-refractivity contribution in [2.24, 2.45) is 0 Å². The summed E-state index contributed by atoms with van der Waals surface area (Å²) in [7, 11) is -6.00. The van der Waals surface area contributed by atoms with Crippen molar-refractivity contribution in [2.45, 2.75) is 105 Å². The van der Waals surface area contributed by atoms with Gasteiger partial charge in [-0.3, -0.25) is 4.98 Å². The Balaban J connectivity index is 0.000000981. The third-order valence-electron chi connectivity index (χ3n) is 4.97. The number of halogens is 4. The lowest BCUT2D eigenvalue weighted by atomic mass is 9.84. The maximum atomic E-state index is 9.75. The standard InChI is InChI=1S/C26H40NS.BF4/c1-23(2,3)19-13-17(14-20(27-19)24(4,5)6)18-15-21(25(7,8)9)28-22(16-18)26(10,11)12;2-1(3,4)5/h13-16H,1-12H3;/q+1;-1. The van der Waals surface area contributed by atoms with Crippen LogP contribution in [0, 0.1) is 0 Å². The van der Waals surface area contributed by atoms with Gasteiger partial charge < -0.3 is 17.3 Å². The highest BCUT2D eigenvalue weighted by Gasteiger charge is 2.32. The van der Waals surface area contributed by atoms with Gasteiger partial charge in [-0.1, -0.05) is 83.1 Å². The topological polar surface area (TPSA) is 12.9 Å². The molecule has 0 unspecified atom stereocenters. The van der Waals surface area contributed by atoms with Crippen LogP contribution in [0.4, 0.5) is 17.3 Å². The van der Waals surface area contributed by atoms with Crippen LogP contribution >= 0.6 is 11.3 Å². The van der Waals surface area contributed by atoms with Crippen LogP contribution in [0.5, 0.6) is 0 Å². The molecule has 0 atom stereocenters. The first-order valence-electron chi connectivity index (χ1n) is 11.3. The number of rotatable bonds is 1. The summed E-state index contributed by atoms with van der Waals surface area (Å²) in [6, 6.07) is 9.39. The molecule has 0 aromatic carbocycles. The second-order valence-electron chi connectivity index (χ2n) is 12.7. The van der Waals surface area contributed by atoms with Crippen LogP contribution in [0.25, 0.3) is 11.1 Å². The lowest BCUT2D eigenvalue weighted by Crippen LogP contribution is -2.20. The zero-order valence-corrected chi connectivity index (χ0v) is 23.1. The lowest BCUT2D eigenvalue weighted by Gasteiger charge is -2.25. The van der Waals surface area contributed by atoms with Gasteiger partial charge >= 0.3 is 7.25 Å². The number of hydrogen-bond donors (Lipinski definition) is 0. The fourth-order valence-corrected chi connectivity index (χ4v) is 4.09. The largest absolute Gasteiger partial charge is 0.673 e. The molecule has 0 aliphatic rings. The maximum absolute atomic E-state index is 9.75. The van der Waals surface area contributed by atoms with E-state index < -0.39 is 7.25 Å². The van der Waals surface area contributed by atoms with E-state index >= 15 is 0 Å². The molecule has 2 rings (SSSR count). The zero-order chi connectivity index (χ0) is 26.2. The van der Waals surface area contributed by atoms with Crippen molar-refractivity contribution < 1.29 is 17.3 Å². The van der Waals surface area contributed by atoms with E-state index in [1.807, 2.05) is 11.3 Å².